The van der Waals surface area contributed by atoms with Crippen LogP contribution in [0.1, 0.15) is 39.2 Å². The van der Waals surface area contributed by atoms with Crippen molar-refractivity contribution in [2.24, 2.45) is 0 Å². The number of hydrogen-bond acceptors (Lipinski definition) is 3. The molecule has 1 aliphatic heterocycles. The molecule has 2 rings (SSSR count). The molecule has 0 radical (unpaired) electrons. The molecule has 0 N–H and O–H groups in total. The van der Waals surface area contributed by atoms with Crippen molar-refractivity contribution in [3.63, 3.8) is 0 Å². The zero-order valence-corrected chi connectivity index (χ0v) is 11.4. The molecule has 1 aromatic heterocycles. The highest BCUT2D eigenvalue weighted by atomic mass is 19.1. The van der Waals surface area contributed by atoms with Crippen molar-refractivity contribution in [2.45, 2.75) is 45.8 Å². The summed E-state index contributed by atoms with van der Waals surface area (Å²) in [5, 5.41) is 0. The van der Waals surface area contributed by atoms with Gasteiger partial charge in [-0.05, 0) is 46.8 Å². The third-order valence-electron chi connectivity index (χ3n) is 3.52. The Balaban J connectivity index is 2.17. The SMILES string of the molecule is Cc1ccc(C=C(F)B2OC(C)(C)C(C)(C)O2)o1. The monoisotopic (exact) mass is 252 g/mol. The van der Waals surface area contributed by atoms with Crippen LogP contribution in [0.3, 0.4) is 0 Å². The molecule has 5 heteroatoms. The van der Waals surface area contributed by atoms with Crippen LogP contribution in [0, 0.1) is 6.92 Å². The van der Waals surface area contributed by atoms with E-state index in [1.165, 1.54) is 6.08 Å². The summed E-state index contributed by atoms with van der Waals surface area (Å²) in [6.07, 6.45) is 1.30. The second kappa shape index (κ2) is 4.25. The number of hydrogen-bond donors (Lipinski definition) is 0. The second-order valence-corrected chi connectivity index (χ2v) is 5.57. The fourth-order valence-corrected chi connectivity index (χ4v) is 1.69. The lowest BCUT2D eigenvalue weighted by Crippen LogP contribution is -2.41. The minimum Gasteiger partial charge on any atom is -0.462 e. The van der Waals surface area contributed by atoms with Gasteiger partial charge in [-0.25, -0.2) is 4.39 Å². The first-order valence-corrected chi connectivity index (χ1v) is 6.00. The van der Waals surface area contributed by atoms with Gasteiger partial charge in [0.25, 0.3) is 0 Å². The lowest BCUT2D eigenvalue weighted by Gasteiger charge is -2.32. The van der Waals surface area contributed by atoms with Gasteiger partial charge in [0, 0.05) is 6.08 Å². The first kappa shape index (κ1) is 13.4. The molecule has 0 amide bonds. The highest BCUT2D eigenvalue weighted by molar-refractivity contribution is 6.54. The summed E-state index contributed by atoms with van der Waals surface area (Å²) in [5.74, 6) is 1.20. The van der Waals surface area contributed by atoms with Crippen LogP contribution >= 0.6 is 0 Å². The molecular formula is C13H18BFO3. The van der Waals surface area contributed by atoms with E-state index in [4.69, 9.17) is 13.7 Å². The van der Waals surface area contributed by atoms with E-state index in [-0.39, 0.29) is 0 Å². The fraction of sp³-hybridized carbons (Fsp3) is 0.538. The van der Waals surface area contributed by atoms with E-state index in [0.29, 0.717) is 5.76 Å². The normalized spacial score (nSPS) is 22.6. The molecule has 0 unspecified atom stereocenters. The summed E-state index contributed by atoms with van der Waals surface area (Å²) in [6.45, 7) is 9.35. The predicted molar refractivity (Wildman–Crippen MR) is 68.6 cm³/mol. The first-order chi connectivity index (χ1) is 8.21. The summed E-state index contributed by atoms with van der Waals surface area (Å²) in [7, 11) is -0.972. The Morgan fingerprint density at radius 3 is 2.17 bits per heavy atom. The third-order valence-corrected chi connectivity index (χ3v) is 3.52. The molecule has 0 aromatic carbocycles. The van der Waals surface area contributed by atoms with Crippen LogP contribution in [0.2, 0.25) is 0 Å². The maximum absolute atomic E-state index is 14.0. The van der Waals surface area contributed by atoms with E-state index in [0.717, 1.165) is 5.76 Å². The molecule has 98 valence electrons. The summed E-state index contributed by atoms with van der Waals surface area (Å²) in [4.78, 5) is 0. The Morgan fingerprint density at radius 1 is 1.17 bits per heavy atom. The van der Waals surface area contributed by atoms with Crippen molar-refractivity contribution in [3.05, 3.63) is 29.4 Å². The van der Waals surface area contributed by atoms with Crippen molar-refractivity contribution in [1.82, 2.24) is 0 Å². The number of aryl methyl sites for hydroxylation is 1. The van der Waals surface area contributed by atoms with Crippen LogP contribution in [0.25, 0.3) is 6.08 Å². The lowest BCUT2D eigenvalue weighted by atomic mass is 9.87. The van der Waals surface area contributed by atoms with E-state index in [9.17, 15) is 4.39 Å². The van der Waals surface area contributed by atoms with E-state index < -0.39 is 24.0 Å². The summed E-state index contributed by atoms with van der Waals surface area (Å²) >= 11 is 0. The van der Waals surface area contributed by atoms with Gasteiger partial charge in [0.1, 0.15) is 17.2 Å². The maximum atomic E-state index is 14.0. The predicted octanol–water partition coefficient (Wildman–Crippen LogP) is 3.53. The number of rotatable bonds is 2. The van der Waals surface area contributed by atoms with Crippen molar-refractivity contribution >= 4 is 13.2 Å². The van der Waals surface area contributed by atoms with Gasteiger partial charge >= 0.3 is 7.12 Å². The highest BCUT2D eigenvalue weighted by Crippen LogP contribution is 2.39. The largest absolute Gasteiger partial charge is 0.525 e. The molecule has 0 saturated carbocycles. The molecule has 1 fully saturated rings. The summed E-state index contributed by atoms with van der Waals surface area (Å²) < 4.78 is 30.5. The van der Waals surface area contributed by atoms with Gasteiger partial charge in [0.15, 0.2) is 0 Å². The van der Waals surface area contributed by atoms with Crippen molar-refractivity contribution in [3.8, 4) is 0 Å². The minimum absolute atomic E-state index is 0.458. The van der Waals surface area contributed by atoms with E-state index >= 15 is 0 Å². The van der Waals surface area contributed by atoms with Gasteiger partial charge in [0.05, 0.1) is 11.2 Å². The molecule has 3 nitrogen and oxygen atoms in total. The van der Waals surface area contributed by atoms with Gasteiger partial charge in [-0.3, -0.25) is 0 Å². The van der Waals surface area contributed by atoms with Gasteiger partial charge < -0.3 is 13.7 Å². The van der Waals surface area contributed by atoms with E-state index in [1.54, 1.807) is 12.1 Å². The Kier molecular flexibility index (Phi) is 3.15. The molecule has 0 bridgehead atoms. The molecule has 1 aliphatic rings. The van der Waals surface area contributed by atoms with E-state index in [2.05, 4.69) is 0 Å². The van der Waals surface area contributed by atoms with Crippen LogP contribution in [-0.4, -0.2) is 18.3 Å². The van der Waals surface area contributed by atoms with Crippen LogP contribution < -0.4 is 0 Å². The Labute approximate surface area is 107 Å². The standard InChI is InChI=1S/C13H18BFO3/c1-9-6-7-10(16-9)8-11(15)14-17-12(2,3)13(4,5)18-14/h6-8H,1-5H3. The Morgan fingerprint density at radius 2 is 1.72 bits per heavy atom. The molecule has 0 aliphatic carbocycles. The van der Waals surface area contributed by atoms with Crippen LogP contribution in [0.15, 0.2) is 22.3 Å². The van der Waals surface area contributed by atoms with Gasteiger partial charge in [-0.15, -0.1) is 0 Å². The Bertz CT molecular complexity index is 460. The molecule has 1 saturated heterocycles. The Hall–Kier alpha value is -1.07. The van der Waals surface area contributed by atoms with Crippen LogP contribution in [-0.2, 0) is 9.31 Å². The minimum atomic E-state index is -0.972. The van der Waals surface area contributed by atoms with E-state index in [1.807, 2.05) is 34.6 Å². The maximum Gasteiger partial charge on any atom is 0.525 e. The van der Waals surface area contributed by atoms with Gasteiger partial charge in [-0.1, -0.05) is 0 Å². The van der Waals surface area contributed by atoms with Crippen molar-refractivity contribution in [2.75, 3.05) is 0 Å². The topological polar surface area (TPSA) is 31.6 Å². The molecule has 0 spiro atoms. The van der Waals surface area contributed by atoms with Crippen molar-refractivity contribution in [1.29, 1.82) is 0 Å². The first-order valence-electron chi connectivity index (χ1n) is 6.00. The lowest BCUT2D eigenvalue weighted by molar-refractivity contribution is 0.00578. The second-order valence-electron chi connectivity index (χ2n) is 5.57. The third kappa shape index (κ3) is 2.38. The van der Waals surface area contributed by atoms with Crippen LogP contribution in [0.4, 0.5) is 4.39 Å². The molecule has 0 atom stereocenters. The number of halogens is 1. The quantitative estimate of drug-likeness (QED) is 0.754. The average molecular weight is 252 g/mol. The average Bonchev–Trinajstić information content (AvgIpc) is 2.70. The van der Waals surface area contributed by atoms with Gasteiger partial charge in [-0.2, -0.15) is 0 Å². The summed E-state index contributed by atoms with van der Waals surface area (Å²) in [6, 6.07) is 3.49. The zero-order valence-electron chi connectivity index (χ0n) is 11.4. The fourth-order valence-electron chi connectivity index (χ4n) is 1.69. The van der Waals surface area contributed by atoms with Gasteiger partial charge in [0.2, 0.25) is 0 Å². The molecule has 1 aromatic rings. The number of furan rings is 1. The molecule has 18 heavy (non-hydrogen) atoms. The van der Waals surface area contributed by atoms with Crippen molar-refractivity contribution < 1.29 is 18.1 Å². The molecule has 2 heterocycles. The summed E-state index contributed by atoms with van der Waals surface area (Å²) in [5.41, 5.74) is -1.56. The highest BCUT2D eigenvalue weighted by Gasteiger charge is 2.53. The smallest absolute Gasteiger partial charge is 0.462 e. The zero-order chi connectivity index (χ0) is 13.6. The molecular weight excluding hydrogens is 234 g/mol. The van der Waals surface area contributed by atoms with Crippen LogP contribution in [0.5, 0.6) is 0 Å².